The molecular formula is C25H28N2O5. The number of benzene rings is 2. The number of ketones is 1. The van der Waals surface area contributed by atoms with E-state index >= 15 is 0 Å². The molecule has 1 heterocycles. The van der Waals surface area contributed by atoms with Crippen molar-refractivity contribution in [2.75, 3.05) is 31.1 Å². The molecule has 7 nitrogen and oxygen atoms in total. The number of amides is 2. The molecule has 0 aromatic heterocycles. The Morgan fingerprint density at radius 1 is 1.03 bits per heavy atom. The Kier molecular flexibility index (Phi) is 7.10. The molecule has 0 aliphatic carbocycles. The number of imide groups is 1. The minimum Gasteiger partial charge on any atom is -0.506 e. The lowest BCUT2D eigenvalue weighted by Crippen LogP contribution is -2.31. The highest BCUT2D eigenvalue weighted by atomic mass is 16.5. The average molecular weight is 437 g/mol. The Morgan fingerprint density at radius 3 is 2.38 bits per heavy atom. The van der Waals surface area contributed by atoms with Crippen LogP contribution in [0.5, 0.6) is 5.75 Å². The average Bonchev–Trinajstić information content (AvgIpc) is 3.07. The highest BCUT2D eigenvalue weighted by Crippen LogP contribution is 2.41. The van der Waals surface area contributed by atoms with E-state index in [4.69, 9.17) is 4.74 Å². The molecule has 0 saturated heterocycles. The van der Waals surface area contributed by atoms with E-state index in [1.165, 1.54) is 19.9 Å². The topological polar surface area (TPSA) is 87.2 Å². The lowest BCUT2D eigenvalue weighted by Gasteiger charge is -2.18. The summed E-state index contributed by atoms with van der Waals surface area (Å²) >= 11 is 0. The largest absolute Gasteiger partial charge is 0.506 e. The normalized spacial score (nSPS) is 14.5. The zero-order valence-corrected chi connectivity index (χ0v) is 18.8. The first kappa shape index (κ1) is 23.2. The van der Waals surface area contributed by atoms with E-state index in [0.29, 0.717) is 34.7 Å². The van der Waals surface area contributed by atoms with Gasteiger partial charge in [-0.3, -0.25) is 14.4 Å². The summed E-state index contributed by atoms with van der Waals surface area (Å²) in [7, 11) is 0. The van der Waals surface area contributed by atoms with Crippen molar-refractivity contribution in [2.24, 2.45) is 0 Å². The standard InChI is InChI=1S/C25H28N2O5/c1-5-26(6-2)12-13-32-20-9-7-8-19(14-20)24(30)23-21-15-18(16(3)28)10-11-22(21)27(17(4)29)25(23)31/h7-11,14-15,30H,5-6,12-13H2,1-4H3/b24-23-. The highest BCUT2D eigenvalue weighted by Gasteiger charge is 2.38. The number of hydrogen-bond donors (Lipinski definition) is 1. The molecule has 0 atom stereocenters. The van der Waals surface area contributed by atoms with E-state index in [9.17, 15) is 19.5 Å². The molecule has 3 rings (SSSR count). The monoisotopic (exact) mass is 436 g/mol. The van der Waals surface area contributed by atoms with Gasteiger partial charge in [-0.15, -0.1) is 0 Å². The van der Waals surface area contributed by atoms with E-state index in [0.717, 1.165) is 24.5 Å². The number of aliphatic hydroxyl groups excluding tert-OH is 1. The van der Waals surface area contributed by atoms with Gasteiger partial charge in [0.25, 0.3) is 5.91 Å². The Hall–Kier alpha value is -3.45. The third-order valence-corrected chi connectivity index (χ3v) is 5.56. The van der Waals surface area contributed by atoms with Crippen molar-refractivity contribution in [3.8, 4) is 5.75 Å². The van der Waals surface area contributed by atoms with Gasteiger partial charge in [0.15, 0.2) is 5.78 Å². The van der Waals surface area contributed by atoms with Gasteiger partial charge in [-0.1, -0.05) is 26.0 Å². The zero-order valence-electron chi connectivity index (χ0n) is 18.8. The van der Waals surface area contributed by atoms with E-state index in [2.05, 4.69) is 18.7 Å². The number of fused-ring (bicyclic) bond motifs is 1. The van der Waals surface area contributed by atoms with Gasteiger partial charge in [0.1, 0.15) is 18.1 Å². The molecule has 1 aliphatic heterocycles. The van der Waals surface area contributed by atoms with Crippen LogP contribution in [0.4, 0.5) is 5.69 Å². The summed E-state index contributed by atoms with van der Waals surface area (Å²) in [5.74, 6) is -0.978. The maximum Gasteiger partial charge on any atom is 0.269 e. The van der Waals surface area contributed by atoms with Crippen molar-refractivity contribution in [1.29, 1.82) is 0 Å². The molecule has 32 heavy (non-hydrogen) atoms. The molecular weight excluding hydrogens is 408 g/mol. The summed E-state index contributed by atoms with van der Waals surface area (Å²) < 4.78 is 5.83. The molecule has 0 fully saturated rings. The Morgan fingerprint density at radius 2 is 1.75 bits per heavy atom. The van der Waals surface area contributed by atoms with Crippen LogP contribution >= 0.6 is 0 Å². The number of carbonyl (C=O) groups excluding carboxylic acids is 3. The number of carbonyl (C=O) groups is 3. The number of aliphatic hydroxyl groups is 1. The van der Waals surface area contributed by atoms with Crippen LogP contribution < -0.4 is 9.64 Å². The van der Waals surface area contributed by atoms with Crippen LogP contribution in [-0.4, -0.2) is 53.8 Å². The fraction of sp³-hybridized carbons (Fsp3) is 0.320. The van der Waals surface area contributed by atoms with Crippen molar-refractivity contribution in [3.63, 3.8) is 0 Å². The van der Waals surface area contributed by atoms with Crippen LogP contribution in [0, 0.1) is 0 Å². The van der Waals surface area contributed by atoms with Gasteiger partial charge in [-0.25, -0.2) is 4.90 Å². The molecule has 0 unspecified atom stereocenters. The Balaban J connectivity index is 1.99. The molecule has 2 aromatic carbocycles. The van der Waals surface area contributed by atoms with Gasteiger partial charge in [0, 0.05) is 30.2 Å². The number of anilines is 1. The first-order valence-corrected chi connectivity index (χ1v) is 10.7. The van der Waals surface area contributed by atoms with Crippen LogP contribution in [-0.2, 0) is 9.59 Å². The first-order chi connectivity index (χ1) is 15.3. The van der Waals surface area contributed by atoms with Gasteiger partial charge in [0.2, 0.25) is 5.91 Å². The van der Waals surface area contributed by atoms with E-state index in [1.807, 2.05) is 0 Å². The third kappa shape index (κ3) is 4.57. The SMILES string of the molecule is CCN(CC)CCOc1cccc(/C(O)=C2/C(=O)N(C(C)=O)c3ccc(C(C)=O)cc32)c1. The number of ether oxygens (including phenoxy) is 1. The molecule has 7 heteroatoms. The molecule has 2 amide bonds. The van der Waals surface area contributed by atoms with Gasteiger partial charge in [0.05, 0.1) is 11.3 Å². The second kappa shape index (κ2) is 9.78. The van der Waals surface area contributed by atoms with Crippen molar-refractivity contribution in [3.05, 3.63) is 59.2 Å². The molecule has 1 aliphatic rings. The third-order valence-electron chi connectivity index (χ3n) is 5.56. The lowest BCUT2D eigenvalue weighted by atomic mass is 9.99. The maximum absolute atomic E-state index is 13.1. The maximum atomic E-state index is 13.1. The second-order valence-electron chi connectivity index (χ2n) is 7.57. The minimum atomic E-state index is -0.626. The number of likely N-dealkylation sites (N-methyl/N-ethyl adjacent to an activating group) is 1. The fourth-order valence-corrected chi connectivity index (χ4v) is 3.74. The molecule has 0 bridgehead atoms. The van der Waals surface area contributed by atoms with Crippen LogP contribution in [0.15, 0.2) is 42.5 Å². The molecule has 2 aromatic rings. The minimum absolute atomic E-state index is 0.0152. The lowest BCUT2D eigenvalue weighted by molar-refractivity contribution is -0.122. The summed E-state index contributed by atoms with van der Waals surface area (Å²) in [6.07, 6.45) is 0. The summed E-state index contributed by atoms with van der Waals surface area (Å²) in [5.41, 5.74) is 1.46. The van der Waals surface area contributed by atoms with E-state index in [1.54, 1.807) is 36.4 Å². The number of rotatable bonds is 8. The summed E-state index contributed by atoms with van der Waals surface area (Å²) in [6.45, 7) is 10.0. The highest BCUT2D eigenvalue weighted by molar-refractivity contribution is 6.42. The van der Waals surface area contributed by atoms with E-state index < -0.39 is 11.8 Å². The molecule has 1 N–H and O–H groups in total. The summed E-state index contributed by atoms with van der Waals surface area (Å²) in [6, 6.07) is 11.5. The van der Waals surface area contributed by atoms with Crippen molar-refractivity contribution >= 4 is 34.6 Å². The quantitative estimate of drug-likeness (QED) is 0.383. The molecule has 168 valence electrons. The Labute approximate surface area is 187 Å². The Bertz CT molecular complexity index is 1090. The molecule has 0 radical (unpaired) electrons. The van der Waals surface area contributed by atoms with Gasteiger partial charge >= 0.3 is 0 Å². The predicted octanol–water partition coefficient (Wildman–Crippen LogP) is 3.93. The fourth-order valence-electron chi connectivity index (χ4n) is 3.74. The van der Waals surface area contributed by atoms with Gasteiger partial charge in [-0.05, 0) is 50.3 Å². The summed E-state index contributed by atoms with van der Waals surface area (Å²) in [5, 5.41) is 11.1. The zero-order chi connectivity index (χ0) is 23.4. The van der Waals surface area contributed by atoms with Crippen LogP contribution in [0.1, 0.15) is 49.2 Å². The second-order valence-corrected chi connectivity index (χ2v) is 7.57. The van der Waals surface area contributed by atoms with Gasteiger partial charge in [-0.2, -0.15) is 0 Å². The predicted molar refractivity (Wildman–Crippen MR) is 124 cm³/mol. The van der Waals surface area contributed by atoms with Crippen LogP contribution in [0.25, 0.3) is 11.3 Å². The van der Waals surface area contributed by atoms with Crippen LogP contribution in [0.2, 0.25) is 0 Å². The van der Waals surface area contributed by atoms with Crippen molar-refractivity contribution in [2.45, 2.75) is 27.7 Å². The molecule has 0 spiro atoms. The first-order valence-electron chi connectivity index (χ1n) is 10.7. The number of hydrogen-bond acceptors (Lipinski definition) is 6. The van der Waals surface area contributed by atoms with Crippen molar-refractivity contribution in [1.82, 2.24) is 4.90 Å². The smallest absolute Gasteiger partial charge is 0.269 e. The number of nitrogens with zero attached hydrogens (tertiary/aromatic N) is 2. The number of Topliss-reactive ketones (excluding diaryl/α,β-unsaturated/α-hetero) is 1. The van der Waals surface area contributed by atoms with Gasteiger partial charge < -0.3 is 14.7 Å². The van der Waals surface area contributed by atoms with E-state index in [-0.39, 0.29) is 17.1 Å². The molecule has 0 saturated carbocycles. The summed E-state index contributed by atoms with van der Waals surface area (Å²) in [4.78, 5) is 40.3. The van der Waals surface area contributed by atoms with Crippen LogP contribution in [0.3, 0.4) is 0 Å². The van der Waals surface area contributed by atoms with Crippen molar-refractivity contribution < 1.29 is 24.2 Å².